The average Bonchev–Trinajstić information content (AvgIpc) is 2.72. The van der Waals surface area contributed by atoms with Gasteiger partial charge >= 0.3 is 0 Å². The zero-order chi connectivity index (χ0) is 21.8. The van der Waals surface area contributed by atoms with E-state index in [2.05, 4.69) is 15.3 Å². The van der Waals surface area contributed by atoms with Gasteiger partial charge in [-0.3, -0.25) is 0 Å². The fraction of sp³-hybridized carbons (Fsp3) is 0.273. The number of aromatic nitrogens is 2. The summed E-state index contributed by atoms with van der Waals surface area (Å²) in [5, 5.41) is 3.10. The minimum Gasteiger partial charge on any atom is -0.494 e. The van der Waals surface area contributed by atoms with Crippen molar-refractivity contribution >= 4 is 22.3 Å². The molecule has 162 valence electrons. The first-order valence-corrected chi connectivity index (χ1v) is 11.7. The molecular weight excluding hydrogens is 422 g/mol. The second kappa shape index (κ2) is 9.38. The van der Waals surface area contributed by atoms with Gasteiger partial charge in [-0.25, -0.2) is 23.5 Å². The number of fused-ring (bicyclic) bond motifs is 6. The Labute approximate surface area is 181 Å². The topological polar surface area (TPSA) is 81.9 Å². The van der Waals surface area contributed by atoms with Crippen LogP contribution < -0.4 is 19.6 Å². The number of hydrogen-bond acceptors (Lipinski definition) is 5. The lowest BCUT2D eigenvalue weighted by Crippen LogP contribution is -2.34. The largest absolute Gasteiger partial charge is 0.494 e. The molecule has 3 aromatic rings. The van der Waals surface area contributed by atoms with Gasteiger partial charge in [0.25, 0.3) is 0 Å². The van der Waals surface area contributed by atoms with E-state index in [0.29, 0.717) is 36.6 Å². The molecule has 2 heterocycles. The van der Waals surface area contributed by atoms with E-state index in [1.807, 2.05) is 24.5 Å². The summed E-state index contributed by atoms with van der Waals surface area (Å²) >= 11 is 0. The van der Waals surface area contributed by atoms with E-state index < -0.39 is 11.6 Å². The third-order valence-electron chi connectivity index (χ3n) is 4.64. The Morgan fingerprint density at radius 2 is 1.90 bits per heavy atom. The number of rotatable bonds is 2. The minimum absolute atomic E-state index is 0.0254. The molecule has 1 aliphatic heterocycles. The molecule has 4 bridgehead atoms. The Kier molecular flexibility index (Phi) is 6.41. The van der Waals surface area contributed by atoms with Crippen molar-refractivity contribution in [2.24, 2.45) is 0 Å². The third-order valence-corrected chi connectivity index (χ3v) is 5.43. The van der Waals surface area contributed by atoms with Crippen LogP contribution in [0.25, 0.3) is 11.3 Å². The van der Waals surface area contributed by atoms with E-state index in [1.54, 1.807) is 6.07 Å². The van der Waals surface area contributed by atoms with Crippen molar-refractivity contribution in [2.45, 2.75) is 18.6 Å². The van der Waals surface area contributed by atoms with Gasteiger partial charge in [-0.2, -0.15) is 0 Å². The van der Waals surface area contributed by atoms with Gasteiger partial charge in [-0.1, -0.05) is 6.07 Å². The number of hydrogen-bond donors (Lipinski definition) is 2. The van der Waals surface area contributed by atoms with Gasteiger partial charge in [0.15, 0.2) is 17.4 Å². The summed E-state index contributed by atoms with van der Waals surface area (Å²) in [5.74, 6) is 0.301. The molecular formula is C22H23F2N4O2S+. The normalized spacial score (nSPS) is 14.7. The molecule has 6 nitrogen and oxygen atoms in total. The summed E-state index contributed by atoms with van der Waals surface area (Å²) < 4.78 is 46.6. The van der Waals surface area contributed by atoms with Gasteiger partial charge in [0.05, 0.1) is 25.2 Å². The van der Waals surface area contributed by atoms with Crippen LogP contribution in [0.1, 0.15) is 18.4 Å². The molecule has 1 aromatic heterocycles. The summed E-state index contributed by atoms with van der Waals surface area (Å²) in [6.45, 7) is 0.752. The van der Waals surface area contributed by atoms with Crippen LogP contribution in [-0.2, 0) is 16.4 Å². The van der Waals surface area contributed by atoms with Crippen LogP contribution in [0.4, 0.5) is 20.4 Å². The number of anilines is 2. The fourth-order valence-electron chi connectivity index (χ4n) is 3.32. The maximum absolute atomic E-state index is 14.6. The van der Waals surface area contributed by atoms with Crippen LogP contribution in [0.2, 0.25) is 0 Å². The highest BCUT2D eigenvalue weighted by Crippen LogP contribution is 2.34. The Hall–Kier alpha value is -3.07. The zero-order valence-corrected chi connectivity index (χ0v) is 17.8. The van der Waals surface area contributed by atoms with Gasteiger partial charge in [-0.15, -0.1) is 0 Å². The SMILES string of the molecule is CS(=[NH2+])Cc1cc2cc(c1)OCCCCOc1c(F)cccc1-c1nc(ncc1F)N2. The summed E-state index contributed by atoms with van der Waals surface area (Å²) in [4.78, 5) is 8.34. The van der Waals surface area contributed by atoms with Crippen LogP contribution >= 0.6 is 0 Å². The van der Waals surface area contributed by atoms with Crippen LogP contribution in [0.5, 0.6) is 11.5 Å². The van der Waals surface area contributed by atoms with Crippen LogP contribution in [0, 0.1) is 11.6 Å². The number of para-hydroxylation sites is 1. The number of halogens is 2. The summed E-state index contributed by atoms with van der Waals surface area (Å²) in [7, 11) is -0.282. The molecule has 0 aliphatic carbocycles. The predicted molar refractivity (Wildman–Crippen MR) is 116 cm³/mol. The monoisotopic (exact) mass is 445 g/mol. The van der Waals surface area contributed by atoms with Gasteiger partial charge in [0.2, 0.25) is 5.95 Å². The first kappa shape index (κ1) is 21.2. The van der Waals surface area contributed by atoms with Gasteiger partial charge in [0.1, 0.15) is 11.4 Å². The standard InChI is InChI=1S/C22H22F2N4O2S/c1-31(25)13-14-9-15-11-16(10-14)29-7-2-3-8-30-21-17(5-4-6-18(21)23)20-19(24)12-26-22(27-15)28-20/h4-6,9-12,25H,2-3,7-8,13H2,1H3,(H,26,27,28)/p+1. The summed E-state index contributed by atoms with van der Waals surface area (Å²) in [6, 6.07) is 10.1. The Bertz CT molecular complexity index is 1130. The highest BCUT2D eigenvalue weighted by atomic mass is 32.2. The van der Waals surface area contributed by atoms with Crippen molar-refractivity contribution in [2.75, 3.05) is 24.8 Å². The second-order valence-electron chi connectivity index (χ2n) is 7.24. The highest BCUT2D eigenvalue weighted by Gasteiger charge is 2.18. The lowest BCUT2D eigenvalue weighted by molar-refractivity contribution is -0.0751. The van der Waals surface area contributed by atoms with Crippen molar-refractivity contribution in [3.05, 3.63) is 59.8 Å². The van der Waals surface area contributed by atoms with Crippen molar-refractivity contribution in [1.29, 1.82) is 0 Å². The molecule has 0 amide bonds. The molecule has 2 aromatic carbocycles. The second-order valence-corrected chi connectivity index (χ2v) is 8.91. The maximum atomic E-state index is 14.6. The Balaban J connectivity index is 1.79. The first-order valence-electron chi connectivity index (χ1n) is 9.84. The molecule has 9 heteroatoms. The van der Waals surface area contributed by atoms with E-state index >= 15 is 0 Å². The van der Waals surface area contributed by atoms with E-state index in [1.165, 1.54) is 12.1 Å². The van der Waals surface area contributed by atoms with Crippen LogP contribution in [0.15, 0.2) is 42.6 Å². The van der Waals surface area contributed by atoms with Gasteiger partial charge in [-0.05, 0) is 42.7 Å². The van der Waals surface area contributed by atoms with Gasteiger partial charge < -0.3 is 14.8 Å². The van der Waals surface area contributed by atoms with E-state index in [4.69, 9.17) is 14.3 Å². The molecule has 0 saturated carbocycles. The number of nitrogens with one attached hydrogen (secondary N) is 1. The van der Waals surface area contributed by atoms with Crippen LogP contribution in [0.3, 0.4) is 0 Å². The summed E-state index contributed by atoms with van der Waals surface area (Å²) in [5.41, 5.74) is 1.91. The molecule has 1 aliphatic rings. The Morgan fingerprint density at radius 1 is 1.10 bits per heavy atom. The lowest BCUT2D eigenvalue weighted by Gasteiger charge is -2.13. The van der Waals surface area contributed by atoms with E-state index in [0.717, 1.165) is 11.8 Å². The molecule has 0 spiro atoms. The summed E-state index contributed by atoms with van der Waals surface area (Å²) in [6.07, 6.45) is 4.38. The first-order chi connectivity index (χ1) is 15.0. The molecule has 1 atom stereocenters. The molecule has 0 radical (unpaired) electrons. The molecule has 3 N–H and O–H groups in total. The zero-order valence-electron chi connectivity index (χ0n) is 17.0. The quantitative estimate of drug-likeness (QED) is 0.632. The fourth-order valence-corrected chi connectivity index (χ4v) is 4.01. The number of benzene rings is 2. The molecule has 1 unspecified atom stereocenters. The Morgan fingerprint density at radius 3 is 2.71 bits per heavy atom. The number of nitrogens with two attached hydrogens (primary N) is 1. The van der Waals surface area contributed by atoms with E-state index in [-0.39, 0.29) is 40.3 Å². The third kappa shape index (κ3) is 5.16. The number of nitrogens with zero attached hydrogens (tertiary/aromatic N) is 2. The number of ether oxygens (including phenoxy) is 2. The highest BCUT2D eigenvalue weighted by molar-refractivity contribution is 7.82. The lowest BCUT2D eigenvalue weighted by atomic mass is 10.1. The van der Waals surface area contributed by atoms with Crippen molar-refractivity contribution < 1.29 is 23.0 Å². The molecule has 0 saturated heterocycles. The van der Waals surface area contributed by atoms with Crippen molar-refractivity contribution in [1.82, 2.24) is 9.97 Å². The minimum atomic E-state index is -0.666. The smallest absolute Gasteiger partial charge is 0.227 e. The van der Waals surface area contributed by atoms with E-state index in [9.17, 15) is 8.78 Å². The van der Waals surface area contributed by atoms with Crippen molar-refractivity contribution in [3.63, 3.8) is 0 Å². The molecule has 4 rings (SSSR count). The van der Waals surface area contributed by atoms with Crippen LogP contribution in [-0.4, -0.2) is 29.4 Å². The van der Waals surface area contributed by atoms with Crippen molar-refractivity contribution in [3.8, 4) is 22.8 Å². The molecule has 0 fully saturated rings. The average molecular weight is 446 g/mol. The molecule has 31 heavy (non-hydrogen) atoms. The predicted octanol–water partition coefficient (Wildman–Crippen LogP) is 3.41. The maximum Gasteiger partial charge on any atom is 0.227 e. The van der Waals surface area contributed by atoms with Gasteiger partial charge in [0, 0.05) is 34.3 Å².